The van der Waals surface area contributed by atoms with Crippen LogP contribution in [0.5, 0.6) is 0 Å². The molecule has 1 heterocycles. The standard InChI is InChI=1S/C26H27F6NO3/c1-18(34)33(16-19-13-21(25(27,28)29)15-22(14-19)26(30,31)32)17-23(20-5-3-2-4-6-20)7-9-24(10-8-23)35-11-12-36-24/h2-6,13-15H,7-12,16-17H2,1H3. The van der Waals surface area contributed by atoms with Gasteiger partial charge in [-0.25, -0.2) is 0 Å². The molecule has 0 bridgehead atoms. The number of hydrogen-bond acceptors (Lipinski definition) is 3. The van der Waals surface area contributed by atoms with Gasteiger partial charge in [-0.1, -0.05) is 30.3 Å². The van der Waals surface area contributed by atoms with Crippen LogP contribution in [0.25, 0.3) is 0 Å². The van der Waals surface area contributed by atoms with Gasteiger partial charge in [0.1, 0.15) is 0 Å². The second-order valence-electron chi connectivity index (χ2n) is 9.54. The Kier molecular flexibility index (Phi) is 7.13. The van der Waals surface area contributed by atoms with E-state index in [1.807, 2.05) is 30.3 Å². The lowest BCUT2D eigenvalue weighted by molar-refractivity contribution is -0.186. The third-order valence-electron chi connectivity index (χ3n) is 7.13. The molecule has 2 aromatic rings. The van der Waals surface area contributed by atoms with Crippen molar-refractivity contribution in [2.24, 2.45) is 0 Å². The lowest BCUT2D eigenvalue weighted by atomic mass is 9.67. The Labute approximate surface area is 205 Å². The molecule has 1 amide bonds. The van der Waals surface area contributed by atoms with Gasteiger partial charge < -0.3 is 14.4 Å². The highest BCUT2D eigenvalue weighted by molar-refractivity contribution is 5.73. The molecule has 0 N–H and O–H groups in total. The largest absolute Gasteiger partial charge is 0.416 e. The van der Waals surface area contributed by atoms with E-state index >= 15 is 0 Å². The Morgan fingerprint density at radius 2 is 1.39 bits per heavy atom. The molecule has 1 saturated carbocycles. The molecule has 4 rings (SSSR count). The third kappa shape index (κ3) is 5.70. The van der Waals surface area contributed by atoms with E-state index < -0.39 is 40.6 Å². The number of rotatable bonds is 5. The van der Waals surface area contributed by atoms with Crippen molar-refractivity contribution < 1.29 is 40.6 Å². The van der Waals surface area contributed by atoms with Gasteiger partial charge in [0.15, 0.2) is 5.79 Å². The quantitative estimate of drug-likeness (QED) is 0.437. The van der Waals surface area contributed by atoms with Crippen LogP contribution in [0.2, 0.25) is 0 Å². The van der Waals surface area contributed by atoms with Crippen LogP contribution in [0.1, 0.15) is 54.9 Å². The van der Waals surface area contributed by atoms with Gasteiger partial charge in [-0.2, -0.15) is 26.3 Å². The van der Waals surface area contributed by atoms with E-state index in [1.165, 1.54) is 11.8 Å². The first kappa shape index (κ1) is 26.5. The van der Waals surface area contributed by atoms with E-state index in [-0.39, 0.29) is 24.7 Å². The molecule has 4 nitrogen and oxygen atoms in total. The van der Waals surface area contributed by atoms with Crippen LogP contribution in [0.4, 0.5) is 26.3 Å². The summed E-state index contributed by atoms with van der Waals surface area (Å²) >= 11 is 0. The zero-order valence-corrected chi connectivity index (χ0v) is 19.7. The van der Waals surface area contributed by atoms with E-state index in [4.69, 9.17) is 9.47 Å². The highest BCUT2D eigenvalue weighted by Gasteiger charge is 2.48. The van der Waals surface area contributed by atoms with Crippen molar-refractivity contribution >= 4 is 5.91 Å². The molecule has 0 unspecified atom stereocenters. The van der Waals surface area contributed by atoms with Crippen molar-refractivity contribution in [1.82, 2.24) is 4.90 Å². The minimum absolute atomic E-state index is 0.0925. The van der Waals surface area contributed by atoms with E-state index in [0.29, 0.717) is 51.0 Å². The molecule has 10 heteroatoms. The Morgan fingerprint density at radius 1 is 0.861 bits per heavy atom. The second kappa shape index (κ2) is 9.70. The summed E-state index contributed by atoms with van der Waals surface area (Å²) in [7, 11) is 0. The number of nitrogens with zero attached hydrogens (tertiary/aromatic N) is 1. The van der Waals surface area contributed by atoms with Crippen LogP contribution >= 0.6 is 0 Å². The number of ether oxygens (including phenoxy) is 2. The molecular formula is C26H27F6NO3. The van der Waals surface area contributed by atoms with Gasteiger partial charge in [-0.05, 0) is 42.2 Å². The average Bonchev–Trinajstić information content (AvgIpc) is 3.28. The van der Waals surface area contributed by atoms with Crippen molar-refractivity contribution in [3.63, 3.8) is 0 Å². The summed E-state index contributed by atoms with van der Waals surface area (Å²) in [5, 5.41) is 0. The van der Waals surface area contributed by atoms with Crippen molar-refractivity contribution in [3.8, 4) is 0 Å². The van der Waals surface area contributed by atoms with Crippen LogP contribution in [-0.2, 0) is 38.6 Å². The van der Waals surface area contributed by atoms with Gasteiger partial charge in [-0.3, -0.25) is 4.79 Å². The van der Waals surface area contributed by atoms with Crippen LogP contribution < -0.4 is 0 Å². The van der Waals surface area contributed by atoms with E-state index in [2.05, 4.69) is 0 Å². The van der Waals surface area contributed by atoms with Crippen LogP contribution in [0.3, 0.4) is 0 Å². The minimum Gasteiger partial charge on any atom is -0.348 e. The number of amides is 1. The van der Waals surface area contributed by atoms with Gasteiger partial charge in [0, 0.05) is 38.3 Å². The molecule has 36 heavy (non-hydrogen) atoms. The summed E-state index contributed by atoms with van der Waals surface area (Å²) in [5.41, 5.74) is -2.64. The second-order valence-corrected chi connectivity index (χ2v) is 9.54. The zero-order chi connectivity index (χ0) is 26.2. The monoisotopic (exact) mass is 515 g/mol. The lowest BCUT2D eigenvalue weighted by Gasteiger charge is -2.46. The average molecular weight is 515 g/mol. The number of benzene rings is 2. The predicted molar refractivity (Wildman–Crippen MR) is 119 cm³/mol. The molecule has 1 saturated heterocycles. The molecule has 2 fully saturated rings. The van der Waals surface area contributed by atoms with E-state index in [1.54, 1.807) is 0 Å². The smallest absolute Gasteiger partial charge is 0.348 e. The van der Waals surface area contributed by atoms with Crippen LogP contribution in [-0.4, -0.2) is 36.4 Å². The molecule has 2 aliphatic rings. The molecular weight excluding hydrogens is 488 g/mol. The highest BCUT2D eigenvalue weighted by atomic mass is 19.4. The molecule has 1 aliphatic carbocycles. The molecule has 1 aliphatic heterocycles. The maximum Gasteiger partial charge on any atom is 0.416 e. The van der Waals surface area contributed by atoms with Crippen molar-refractivity contribution in [2.75, 3.05) is 19.8 Å². The fourth-order valence-corrected chi connectivity index (χ4v) is 5.20. The molecule has 1 spiro atoms. The van der Waals surface area contributed by atoms with Gasteiger partial charge >= 0.3 is 12.4 Å². The van der Waals surface area contributed by atoms with Gasteiger partial charge in [0.05, 0.1) is 24.3 Å². The fourth-order valence-electron chi connectivity index (χ4n) is 5.20. The molecule has 196 valence electrons. The normalized spacial score (nSPS) is 19.4. The Morgan fingerprint density at radius 3 is 1.86 bits per heavy atom. The highest BCUT2D eigenvalue weighted by Crippen LogP contribution is 2.47. The number of hydrogen-bond donors (Lipinski definition) is 0. The third-order valence-corrected chi connectivity index (χ3v) is 7.13. The minimum atomic E-state index is -4.96. The first-order valence-electron chi connectivity index (χ1n) is 11.7. The molecule has 0 atom stereocenters. The lowest BCUT2D eigenvalue weighted by Crippen LogP contribution is -2.49. The molecule has 0 radical (unpaired) electrons. The maximum atomic E-state index is 13.4. The van der Waals surface area contributed by atoms with Crippen LogP contribution in [0, 0.1) is 0 Å². The molecule has 2 aromatic carbocycles. The summed E-state index contributed by atoms with van der Waals surface area (Å²) in [6.45, 7) is 2.02. The number of carbonyl (C=O) groups is 1. The summed E-state index contributed by atoms with van der Waals surface area (Å²) in [4.78, 5) is 14.0. The van der Waals surface area contributed by atoms with Crippen molar-refractivity contribution in [3.05, 3.63) is 70.8 Å². The number of alkyl halides is 6. The fraction of sp³-hybridized carbons (Fsp3) is 0.500. The summed E-state index contributed by atoms with van der Waals surface area (Å²) in [6.07, 6.45) is -7.62. The van der Waals surface area contributed by atoms with Crippen LogP contribution in [0.15, 0.2) is 48.5 Å². The van der Waals surface area contributed by atoms with Gasteiger partial charge in [-0.15, -0.1) is 0 Å². The number of halogens is 6. The number of carbonyl (C=O) groups excluding carboxylic acids is 1. The Hall–Kier alpha value is -2.59. The summed E-state index contributed by atoms with van der Waals surface area (Å²) in [5.74, 6) is -1.12. The summed E-state index contributed by atoms with van der Waals surface area (Å²) < 4.78 is 91.8. The van der Waals surface area contributed by atoms with Crippen molar-refractivity contribution in [2.45, 2.75) is 62.7 Å². The van der Waals surface area contributed by atoms with Gasteiger partial charge in [0.25, 0.3) is 0 Å². The topological polar surface area (TPSA) is 38.8 Å². The van der Waals surface area contributed by atoms with Crippen molar-refractivity contribution in [1.29, 1.82) is 0 Å². The Balaban J connectivity index is 1.66. The SMILES string of the molecule is CC(=O)N(Cc1cc(C(F)(F)F)cc(C(F)(F)F)c1)CC1(c2ccccc2)CCC2(CC1)OCCO2. The summed E-state index contributed by atoms with van der Waals surface area (Å²) in [6, 6.07) is 10.9. The predicted octanol–water partition coefficient (Wildman–Crippen LogP) is 6.33. The van der Waals surface area contributed by atoms with Gasteiger partial charge in [0.2, 0.25) is 5.91 Å². The van der Waals surface area contributed by atoms with E-state index in [9.17, 15) is 31.1 Å². The maximum absolute atomic E-state index is 13.4. The molecule has 0 aromatic heterocycles. The van der Waals surface area contributed by atoms with E-state index in [0.717, 1.165) is 5.56 Å². The zero-order valence-electron chi connectivity index (χ0n) is 19.7. The Bertz CT molecular complexity index is 1040. The first-order chi connectivity index (χ1) is 16.8. The first-order valence-corrected chi connectivity index (χ1v) is 11.7.